The number of carbonyl (C=O) groups is 1. The molecule has 5 nitrogen and oxygen atoms in total. The van der Waals surface area contributed by atoms with E-state index in [0.717, 1.165) is 21.9 Å². The van der Waals surface area contributed by atoms with Crippen LogP contribution in [0.1, 0.15) is 18.1 Å². The number of amides is 1. The van der Waals surface area contributed by atoms with Crippen molar-refractivity contribution in [2.75, 3.05) is 5.32 Å². The van der Waals surface area contributed by atoms with Crippen LogP contribution in [0.3, 0.4) is 0 Å². The first-order chi connectivity index (χ1) is 12.8. The lowest BCUT2D eigenvalue weighted by atomic mass is 10.1. The molecule has 0 saturated carbocycles. The highest BCUT2D eigenvalue weighted by molar-refractivity contribution is 7.89. The van der Waals surface area contributed by atoms with Gasteiger partial charge in [-0.1, -0.05) is 42.5 Å². The van der Waals surface area contributed by atoms with Crippen LogP contribution >= 0.6 is 0 Å². The Morgan fingerprint density at radius 2 is 1.63 bits per heavy atom. The standard InChI is InChI=1S/C21H22N2O3S/c1-14-8-9-15(2)20(12-14)22-21(24)16(3)23-27(25,26)19-11-10-17-6-4-5-7-18(17)13-19/h4-13,16,23H,1-3H3,(H,22,24)/t16-/m0/s1. The minimum Gasteiger partial charge on any atom is -0.324 e. The number of sulfonamides is 1. The summed E-state index contributed by atoms with van der Waals surface area (Å²) in [4.78, 5) is 12.6. The van der Waals surface area contributed by atoms with Crippen molar-refractivity contribution in [3.8, 4) is 0 Å². The van der Waals surface area contributed by atoms with E-state index in [0.29, 0.717) is 5.69 Å². The van der Waals surface area contributed by atoms with Gasteiger partial charge in [0.1, 0.15) is 0 Å². The maximum absolute atomic E-state index is 12.7. The SMILES string of the molecule is Cc1ccc(C)c(NC(=O)[C@H](C)NS(=O)(=O)c2ccc3ccccc3c2)c1. The summed E-state index contributed by atoms with van der Waals surface area (Å²) < 4.78 is 27.8. The molecular formula is C21H22N2O3S. The van der Waals surface area contributed by atoms with Gasteiger partial charge < -0.3 is 5.32 Å². The van der Waals surface area contributed by atoms with E-state index < -0.39 is 22.0 Å². The molecule has 0 aliphatic rings. The van der Waals surface area contributed by atoms with Crippen molar-refractivity contribution in [2.24, 2.45) is 0 Å². The number of benzene rings is 3. The molecule has 1 amide bonds. The first-order valence-corrected chi connectivity index (χ1v) is 10.1. The molecule has 0 spiro atoms. The first-order valence-electron chi connectivity index (χ1n) is 8.65. The lowest BCUT2D eigenvalue weighted by Crippen LogP contribution is -2.41. The molecule has 1 atom stereocenters. The Morgan fingerprint density at radius 1 is 0.926 bits per heavy atom. The number of nitrogens with one attached hydrogen (secondary N) is 2. The summed E-state index contributed by atoms with van der Waals surface area (Å²) in [6.07, 6.45) is 0. The van der Waals surface area contributed by atoms with Gasteiger partial charge in [-0.05, 0) is 60.9 Å². The monoisotopic (exact) mass is 382 g/mol. The summed E-state index contributed by atoms with van der Waals surface area (Å²) in [5.74, 6) is -0.409. The third kappa shape index (κ3) is 4.35. The average Bonchev–Trinajstić information content (AvgIpc) is 2.64. The van der Waals surface area contributed by atoms with Gasteiger partial charge in [0.2, 0.25) is 15.9 Å². The van der Waals surface area contributed by atoms with Crippen LogP contribution in [0.15, 0.2) is 65.6 Å². The van der Waals surface area contributed by atoms with E-state index in [9.17, 15) is 13.2 Å². The maximum atomic E-state index is 12.7. The molecule has 3 aromatic rings. The van der Waals surface area contributed by atoms with Gasteiger partial charge in [0.25, 0.3) is 0 Å². The van der Waals surface area contributed by atoms with E-state index in [4.69, 9.17) is 0 Å². The largest absolute Gasteiger partial charge is 0.324 e. The van der Waals surface area contributed by atoms with Crippen molar-refractivity contribution >= 4 is 32.4 Å². The molecule has 0 aliphatic carbocycles. The molecule has 0 radical (unpaired) electrons. The van der Waals surface area contributed by atoms with Crippen molar-refractivity contribution in [1.82, 2.24) is 4.72 Å². The zero-order chi connectivity index (χ0) is 19.6. The van der Waals surface area contributed by atoms with Crippen LogP contribution in [-0.4, -0.2) is 20.4 Å². The van der Waals surface area contributed by atoms with Crippen LogP contribution in [0.4, 0.5) is 5.69 Å². The predicted octanol–water partition coefficient (Wildman–Crippen LogP) is 3.76. The summed E-state index contributed by atoms with van der Waals surface area (Å²) in [5, 5.41) is 4.57. The summed E-state index contributed by atoms with van der Waals surface area (Å²) >= 11 is 0. The molecule has 0 saturated heterocycles. The van der Waals surface area contributed by atoms with E-state index in [1.165, 1.54) is 6.92 Å². The summed E-state index contributed by atoms with van der Waals surface area (Å²) in [6.45, 7) is 5.35. The predicted molar refractivity (Wildman–Crippen MR) is 108 cm³/mol. The third-order valence-corrected chi connectivity index (χ3v) is 5.95. The van der Waals surface area contributed by atoms with Gasteiger partial charge in [-0.15, -0.1) is 0 Å². The molecule has 0 bridgehead atoms. The first kappa shape index (κ1) is 19.1. The fraction of sp³-hybridized carbons (Fsp3) is 0.190. The molecule has 0 unspecified atom stereocenters. The number of fused-ring (bicyclic) bond motifs is 1. The van der Waals surface area contributed by atoms with Crippen molar-refractivity contribution in [1.29, 1.82) is 0 Å². The van der Waals surface area contributed by atoms with Crippen molar-refractivity contribution < 1.29 is 13.2 Å². The number of aryl methyl sites for hydroxylation is 2. The zero-order valence-corrected chi connectivity index (χ0v) is 16.3. The van der Waals surface area contributed by atoms with Gasteiger partial charge in [-0.2, -0.15) is 4.72 Å². The molecule has 2 N–H and O–H groups in total. The maximum Gasteiger partial charge on any atom is 0.242 e. The highest BCUT2D eigenvalue weighted by atomic mass is 32.2. The van der Waals surface area contributed by atoms with Crippen molar-refractivity contribution in [2.45, 2.75) is 31.7 Å². The summed E-state index contributed by atoms with van der Waals surface area (Å²) in [7, 11) is -3.82. The number of carbonyl (C=O) groups excluding carboxylic acids is 1. The van der Waals surface area contributed by atoms with E-state index in [2.05, 4.69) is 10.0 Å². The van der Waals surface area contributed by atoms with Crippen LogP contribution in [0.5, 0.6) is 0 Å². The highest BCUT2D eigenvalue weighted by Gasteiger charge is 2.22. The lowest BCUT2D eigenvalue weighted by molar-refractivity contribution is -0.117. The van der Waals surface area contributed by atoms with Crippen molar-refractivity contribution in [3.63, 3.8) is 0 Å². The molecule has 6 heteroatoms. The van der Waals surface area contributed by atoms with Crippen molar-refractivity contribution in [3.05, 3.63) is 71.8 Å². The van der Waals surface area contributed by atoms with Crippen LogP contribution in [0.2, 0.25) is 0 Å². The topological polar surface area (TPSA) is 75.3 Å². The molecule has 0 aliphatic heterocycles. The Bertz CT molecular complexity index is 1110. The number of anilines is 1. The van der Waals surface area contributed by atoms with Gasteiger partial charge in [0, 0.05) is 5.69 Å². The van der Waals surface area contributed by atoms with Crippen LogP contribution < -0.4 is 10.0 Å². The Hall–Kier alpha value is -2.70. The summed E-state index contributed by atoms with van der Waals surface area (Å²) in [5.41, 5.74) is 2.61. The Kier molecular flexibility index (Phi) is 5.30. The second-order valence-electron chi connectivity index (χ2n) is 6.66. The molecule has 0 heterocycles. The molecule has 140 valence electrons. The fourth-order valence-corrected chi connectivity index (χ4v) is 4.04. The second-order valence-corrected chi connectivity index (χ2v) is 8.37. The molecule has 0 aromatic heterocycles. The van der Waals surface area contributed by atoms with E-state index >= 15 is 0 Å². The third-order valence-electron chi connectivity index (χ3n) is 4.41. The van der Waals surface area contributed by atoms with Gasteiger partial charge in [-0.3, -0.25) is 4.79 Å². The van der Waals surface area contributed by atoms with Crippen LogP contribution in [-0.2, 0) is 14.8 Å². The molecule has 3 aromatic carbocycles. The number of rotatable bonds is 5. The minimum absolute atomic E-state index is 0.132. The molecular weight excluding hydrogens is 360 g/mol. The fourth-order valence-electron chi connectivity index (χ4n) is 2.80. The van der Waals surface area contributed by atoms with Gasteiger partial charge in [0.15, 0.2) is 0 Å². The molecule has 3 rings (SSSR count). The quantitative estimate of drug-likeness (QED) is 0.705. The van der Waals surface area contributed by atoms with Gasteiger partial charge in [0.05, 0.1) is 10.9 Å². The summed E-state index contributed by atoms with van der Waals surface area (Å²) in [6, 6.07) is 17.2. The van der Waals surface area contributed by atoms with Crippen LogP contribution in [0.25, 0.3) is 10.8 Å². The van der Waals surface area contributed by atoms with Crippen LogP contribution in [0, 0.1) is 13.8 Å². The Balaban J connectivity index is 1.77. The van der Waals surface area contributed by atoms with E-state index in [1.54, 1.807) is 18.2 Å². The average molecular weight is 382 g/mol. The zero-order valence-electron chi connectivity index (χ0n) is 15.5. The van der Waals surface area contributed by atoms with E-state index in [1.807, 2.05) is 56.3 Å². The Labute approximate surface area is 159 Å². The number of hydrogen-bond acceptors (Lipinski definition) is 3. The molecule has 0 fully saturated rings. The second kappa shape index (κ2) is 7.50. The van der Waals surface area contributed by atoms with Gasteiger partial charge >= 0.3 is 0 Å². The minimum atomic E-state index is -3.82. The lowest BCUT2D eigenvalue weighted by Gasteiger charge is -2.16. The van der Waals surface area contributed by atoms with E-state index in [-0.39, 0.29) is 4.90 Å². The number of hydrogen-bond donors (Lipinski definition) is 2. The van der Waals surface area contributed by atoms with Gasteiger partial charge in [-0.25, -0.2) is 8.42 Å². The normalized spacial score (nSPS) is 12.7. The molecule has 27 heavy (non-hydrogen) atoms. The highest BCUT2D eigenvalue weighted by Crippen LogP contribution is 2.20. The Morgan fingerprint density at radius 3 is 2.37 bits per heavy atom. The smallest absolute Gasteiger partial charge is 0.242 e.